The van der Waals surface area contributed by atoms with Gasteiger partial charge in [-0.2, -0.15) is 13.8 Å². The topological polar surface area (TPSA) is 105 Å². The molecule has 7 nitrogen and oxygen atoms in total. The summed E-state index contributed by atoms with van der Waals surface area (Å²) in [5.41, 5.74) is 0.850. The number of anilines is 1. The van der Waals surface area contributed by atoms with Crippen LogP contribution in [-0.2, 0) is 0 Å². The lowest BCUT2D eigenvalue weighted by molar-refractivity contribution is 0.484. The van der Waals surface area contributed by atoms with Crippen LogP contribution < -0.4 is 17.0 Å². The number of aryl methyl sites for hydroxylation is 1. The zero-order chi connectivity index (χ0) is 9.68. The van der Waals surface area contributed by atoms with Crippen LogP contribution in [0.15, 0.2) is 5.10 Å². The van der Waals surface area contributed by atoms with Gasteiger partial charge in [-0.3, -0.25) is 5.01 Å². The molecule has 0 atom stereocenters. The summed E-state index contributed by atoms with van der Waals surface area (Å²) in [6.07, 6.45) is 1.31. The number of hydrogen-bond donors (Lipinski definition) is 3. The van der Waals surface area contributed by atoms with Crippen molar-refractivity contribution in [3.05, 3.63) is 5.69 Å². The summed E-state index contributed by atoms with van der Waals surface area (Å²) in [6, 6.07) is 0. The van der Waals surface area contributed by atoms with Gasteiger partial charge in [-0.05, 0) is 6.92 Å². The number of hydrazone groups is 1. The van der Waals surface area contributed by atoms with E-state index in [0.717, 1.165) is 23.2 Å². The van der Waals surface area contributed by atoms with Gasteiger partial charge in [0.15, 0.2) is 5.82 Å². The van der Waals surface area contributed by atoms with Crippen molar-refractivity contribution in [3.63, 3.8) is 0 Å². The molecule has 72 valence electrons. The molecule has 1 aromatic heterocycles. The second-order valence-corrected chi connectivity index (χ2v) is 2.84. The van der Waals surface area contributed by atoms with E-state index < -0.39 is 0 Å². The van der Waals surface area contributed by atoms with Crippen LogP contribution in [0, 0.1) is 6.92 Å². The van der Waals surface area contributed by atoms with E-state index in [2.05, 4.69) is 19.2 Å². The van der Waals surface area contributed by atoms with Crippen molar-refractivity contribution in [3.8, 4) is 0 Å². The lowest BCUT2D eigenvalue weighted by atomic mass is 10.5. The van der Waals surface area contributed by atoms with Crippen molar-refractivity contribution in [1.29, 1.82) is 0 Å². The Morgan fingerprint density at radius 1 is 1.69 bits per heavy atom. The number of nitrogens with two attached hydrogens (primary N) is 2. The Balaban J connectivity index is 2.39. The van der Waals surface area contributed by atoms with E-state index in [4.69, 9.17) is 11.7 Å². The molecule has 8 heteroatoms. The van der Waals surface area contributed by atoms with E-state index in [1.54, 1.807) is 0 Å². The molecule has 0 radical (unpaired) electrons. The monoisotopic (exact) mass is 201 g/mol. The molecule has 5 N–H and O–H groups in total. The minimum absolute atomic E-state index is 0.382. The number of hydrazine groups is 1. The van der Waals surface area contributed by atoms with Gasteiger partial charge in [0, 0.05) is 0 Å². The lowest BCUT2D eigenvalue weighted by Crippen LogP contribution is -2.35. The van der Waals surface area contributed by atoms with E-state index in [1.807, 2.05) is 6.92 Å². The van der Waals surface area contributed by atoms with Gasteiger partial charge >= 0.3 is 0 Å². The molecule has 0 aromatic carbocycles. The highest BCUT2D eigenvalue weighted by atomic mass is 32.1. The summed E-state index contributed by atoms with van der Waals surface area (Å²) in [7, 11) is 0. The van der Waals surface area contributed by atoms with Crippen LogP contribution in [0.2, 0.25) is 0 Å². The molecule has 0 spiro atoms. The Kier molecular flexibility index (Phi) is 3.41. The first-order chi connectivity index (χ1) is 6.24. The Morgan fingerprint density at radius 2 is 2.46 bits per heavy atom. The van der Waals surface area contributed by atoms with E-state index in [1.165, 1.54) is 11.3 Å². The molecular formula is C5H11N7S. The summed E-state index contributed by atoms with van der Waals surface area (Å²) < 4.78 is 8.00. The molecule has 13 heavy (non-hydrogen) atoms. The van der Waals surface area contributed by atoms with Gasteiger partial charge in [0.1, 0.15) is 13.0 Å². The average Bonchev–Trinajstić information content (AvgIpc) is 2.48. The van der Waals surface area contributed by atoms with Crippen molar-refractivity contribution in [2.45, 2.75) is 6.92 Å². The molecule has 0 unspecified atom stereocenters. The van der Waals surface area contributed by atoms with Crippen LogP contribution in [0.1, 0.15) is 5.69 Å². The minimum Gasteiger partial charge on any atom is -0.349 e. The van der Waals surface area contributed by atoms with E-state index in [-0.39, 0.29) is 0 Å². The average molecular weight is 201 g/mol. The molecule has 0 amide bonds. The van der Waals surface area contributed by atoms with Gasteiger partial charge in [0.05, 0.1) is 17.4 Å². The molecule has 0 aliphatic carbocycles. The third kappa shape index (κ3) is 2.84. The number of rotatable bonds is 4. The summed E-state index contributed by atoms with van der Waals surface area (Å²) in [4.78, 5) is 0. The van der Waals surface area contributed by atoms with Gasteiger partial charge < -0.3 is 11.2 Å². The van der Waals surface area contributed by atoms with Crippen LogP contribution in [0.3, 0.4) is 0 Å². The number of nitrogens with one attached hydrogen (secondary N) is 1. The molecule has 1 rings (SSSR count). The predicted molar refractivity (Wildman–Crippen MR) is 51.8 cm³/mol. The fraction of sp³-hybridized carbons (Fsp3) is 0.400. The van der Waals surface area contributed by atoms with Crippen LogP contribution >= 0.6 is 11.7 Å². The number of nitrogens with zero attached hydrogens (tertiary/aromatic N) is 4. The number of aromatic nitrogens is 2. The number of hydrogen-bond acceptors (Lipinski definition) is 7. The normalized spacial score (nSPS) is 10.6. The zero-order valence-electron chi connectivity index (χ0n) is 7.14. The fourth-order valence-corrected chi connectivity index (χ4v) is 1.21. The Bertz CT molecular complexity index is 282. The van der Waals surface area contributed by atoms with Crippen molar-refractivity contribution < 1.29 is 0 Å². The molecule has 0 bridgehead atoms. The summed E-state index contributed by atoms with van der Waals surface area (Å²) in [5, 5.41) is 7.53. The Hall–Kier alpha value is -1.41. The predicted octanol–water partition coefficient (Wildman–Crippen LogP) is -0.706. The SMILES string of the molecule is Cc1nsnc1NCN(N)/C=N\N. The Labute approximate surface area is 79.7 Å². The van der Waals surface area contributed by atoms with Gasteiger partial charge in [-0.25, -0.2) is 5.84 Å². The molecule has 0 aliphatic heterocycles. The largest absolute Gasteiger partial charge is 0.349 e. The highest BCUT2D eigenvalue weighted by Crippen LogP contribution is 2.08. The molecule has 0 fully saturated rings. The maximum atomic E-state index is 5.45. The van der Waals surface area contributed by atoms with Crippen molar-refractivity contribution in [2.75, 3.05) is 12.0 Å². The second kappa shape index (κ2) is 4.58. The van der Waals surface area contributed by atoms with E-state index in [0.29, 0.717) is 6.67 Å². The molecule has 0 aliphatic rings. The van der Waals surface area contributed by atoms with Gasteiger partial charge in [-0.1, -0.05) is 0 Å². The maximum Gasteiger partial charge on any atom is 0.164 e. The molecule has 1 heterocycles. The van der Waals surface area contributed by atoms with Gasteiger partial charge in [0.2, 0.25) is 0 Å². The summed E-state index contributed by atoms with van der Waals surface area (Å²) in [6.45, 7) is 2.25. The van der Waals surface area contributed by atoms with Crippen molar-refractivity contribution >= 4 is 23.9 Å². The van der Waals surface area contributed by atoms with Crippen molar-refractivity contribution in [1.82, 2.24) is 13.8 Å². The first-order valence-corrected chi connectivity index (χ1v) is 4.25. The first-order valence-electron chi connectivity index (χ1n) is 3.51. The molecule has 0 saturated carbocycles. The maximum absolute atomic E-state index is 5.45. The Morgan fingerprint density at radius 3 is 3.00 bits per heavy atom. The fourth-order valence-electron chi connectivity index (χ4n) is 0.685. The lowest BCUT2D eigenvalue weighted by Gasteiger charge is -2.12. The highest BCUT2D eigenvalue weighted by Gasteiger charge is 2.01. The minimum atomic E-state index is 0.382. The van der Waals surface area contributed by atoms with Crippen LogP contribution in [0.5, 0.6) is 0 Å². The summed E-state index contributed by atoms with van der Waals surface area (Å²) in [5.74, 6) is 11.1. The standard InChI is InChI=1S/C5H11N7S/c1-4-5(11-13-10-4)8-2-12(7)3-9-6/h3H,2,6-7H2,1H3,(H,8,11)/b9-3-. The second-order valence-electron chi connectivity index (χ2n) is 2.31. The zero-order valence-corrected chi connectivity index (χ0v) is 7.95. The van der Waals surface area contributed by atoms with E-state index in [9.17, 15) is 0 Å². The smallest absolute Gasteiger partial charge is 0.164 e. The molecule has 0 saturated heterocycles. The first kappa shape index (κ1) is 9.68. The van der Waals surface area contributed by atoms with Gasteiger partial charge in [-0.15, -0.1) is 0 Å². The molecule has 1 aromatic rings. The quantitative estimate of drug-likeness (QED) is 0.195. The highest BCUT2D eigenvalue weighted by molar-refractivity contribution is 6.99. The third-order valence-corrected chi connectivity index (χ3v) is 1.92. The van der Waals surface area contributed by atoms with Crippen LogP contribution in [-0.4, -0.2) is 26.8 Å². The van der Waals surface area contributed by atoms with Gasteiger partial charge in [0.25, 0.3) is 0 Å². The van der Waals surface area contributed by atoms with Crippen molar-refractivity contribution in [2.24, 2.45) is 16.8 Å². The molecular weight excluding hydrogens is 190 g/mol. The van der Waals surface area contributed by atoms with E-state index >= 15 is 0 Å². The summed E-state index contributed by atoms with van der Waals surface area (Å²) >= 11 is 1.15. The van der Waals surface area contributed by atoms with Crippen LogP contribution in [0.4, 0.5) is 5.82 Å². The third-order valence-electron chi connectivity index (χ3n) is 1.30. The van der Waals surface area contributed by atoms with Crippen LogP contribution in [0.25, 0.3) is 0 Å².